The molecule has 0 saturated heterocycles. The summed E-state index contributed by atoms with van der Waals surface area (Å²) in [6.45, 7) is 0. The largest absolute Gasteiger partial charge is 0.750 e. The molecule has 0 aliphatic heterocycles. The van der Waals surface area contributed by atoms with Crippen LogP contribution in [0.2, 0.25) is 0 Å². The van der Waals surface area contributed by atoms with E-state index in [1.54, 1.807) is 0 Å². The lowest BCUT2D eigenvalue weighted by molar-refractivity contribution is -0.189. The second-order valence-electron chi connectivity index (χ2n) is 1.11. The third-order valence-electron chi connectivity index (χ3n) is 0.392. The normalized spacial score (nSPS) is 12.6. The topological polar surface area (TPSA) is 63.6 Å². The molecule has 0 radical (unpaired) electrons. The number of carbonyl (C=O) groups is 1. The van der Waals surface area contributed by atoms with E-state index >= 15 is 0 Å². The first-order valence-electron chi connectivity index (χ1n) is 1.79. The molecule has 1 unspecified atom stereocenters. The summed E-state index contributed by atoms with van der Waals surface area (Å²) in [5.74, 6) is -2.67. The van der Waals surface area contributed by atoms with Gasteiger partial charge in [-0.05, 0) is 0 Å². The second-order valence-corrected chi connectivity index (χ2v) is 1.77. The van der Waals surface area contributed by atoms with E-state index < -0.39 is 20.4 Å². The monoisotopic (exact) mass is 177 g/mol. The Hall–Kier alpha value is -0.680. The van der Waals surface area contributed by atoms with Gasteiger partial charge in [0.1, 0.15) is 0 Å². The zero-order valence-corrected chi connectivity index (χ0v) is 5.15. The van der Waals surface area contributed by atoms with Crippen LogP contribution >= 0.6 is 8.25 Å². The van der Waals surface area contributed by atoms with E-state index in [1.165, 1.54) is 0 Å². The van der Waals surface area contributed by atoms with Gasteiger partial charge in [-0.2, -0.15) is 17.7 Å². The highest BCUT2D eigenvalue weighted by Crippen LogP contribution is 2.24. The van der Waals surface area contributed by atoms with Crippen molar-refractivity contribution < 1.29 is 31.9 Å². The zero-order valence-electron chi connectivity index (χ0n) is 4.25. The zero-order chi connectivity index (χ0) is 8.36. The smallest absolute Gasteiger partial charge is 0.236 e. The number of alkyl halides is 3. The fourth-order valence-corrected chi connectivity index (χ4v) is 0.368. The molecule has 0 bridgehead atoms. The van der Waals surface area contributed by atoms with Crippen LogP contribution in [0.4, 0.5) is 13.2 Å². The summed E-state index contributed by atoms with van der Waals surface area (Å²) in [6, 6.07) is 0. The quantitative estimate of drug-likeness (QED) is 0.600. The van der Waals surface area contributed by atoms with Crippen LogP contribution in [-0.4, -0.2) is 17.0 Å². The van der Waals surface area contributed by atoms with Crippen LogP contribution in [0.5, 0.6) is 0 Å². The maximum atomic E-state index is 11.1. The molecule has 0 aliphatic carbocycles. The first-order chi connectivity index (χ1) is 4.34. The molecule has 10 heavy (non-hydrogen) atoms. The number of halogens is 3. The highest BCUT2D eigenvalue weighted by atomic mass is 31.1. The molecule has 0 aromatic rings. The van der Waals surface area contributed by atoms with Gasteiger partial charge in [-0.3, -0.25) is 0 Å². The van der Waals surface area contributed by atoms with Crippen molar-refractivity contribution in [1.29, 1.82) is 0 Å². The van der Waals surface area contributed by atoms with Crippen molar-refractivity contribution in [3.63, 3.8) is 0 Å². The van der Waals surface area contributed by atoms with E-state index in [1.807, 2.05) is 0 Å². The minimum Gasteiger partial charge on any atom is -0.236 e. The van der Waals surface area contributed by atoms with Crippen LogP contribution in [0.3, 0.4) is 0 Å². The maximum Gasteiger partial charge on any atom is 0.750 e. The third kappa shape index (κ3) is 3.37. The van der Waals surface area contributed by atoms with Crippen molar-refractivity contribution in [1.82, 2.24) is 0 Å². The Kier molecular flexibility index (Phi) is 2.74. The lowest BCUT2D eigenvalue weighted by Gasteiger charge is -1.94. The molecule has 0 aromatic heterocycles. The summed E-state index contributed by atoms with van der Waals surface area (Å²) in [7, 11) is -3.52. The average molecular weight is 177 g/mol. The van der Waals surface area contributed by atoms with Gasteiger partial charge >= 0.3 is 20.4 Å². The third-order valence-corrected chi connectivity index (χ3v) is 0.714. The van der Waals surface area contributed by atoms with E-state index in [2.05, 4.69) is 4.52 Å². The molecule has 0 spiro atoms. The molecule has 58 valence electrons. The Bertz CT molecular complexity index is 162. The summed E-state index contributed by atoms with van der Waals surface area (Å²) in [5, 5.41) is 0. The SMILES string of the molecule is O=C(O[P+](=O)O)C(F)(F)F. The lowest BCUT2D eigenvalue weighted by atomic mass is 10.7. The Balaban J connectivity index is 3.99. The number of rotatable bonds is 1. The predicted octanol–water partition coefficient (Wildman–Crippen LogP) is 0.742. The minimum absolute atomic E-state index is 2.67. The van der Waals surface area contributed by atoms with Crippen molar-refractivity contribution in [3.8, 4) is 0 Å². The molecule has 4 nitrogen and oxygen atoms in total. The standard InChI is InChI=1S/C2F3O4P/c3-2(4,5)1(6)9-10(7)8/p+1. The van der Waals surface area contributed by atoms with Gasteiger partial charge in [-0.25, -0.2) is 4.79 Å². The van der Waals surface area contributed by atoms with E-state index in [4.69, 9.17) is 4.89 Å². The fourth-order valence-electron chi connectivity index (χ4n) is 0.123. The number of hydrogen-bond acceptors (Lipinski definition) is 3. The van der Waals surface area contributed by atoms with Crippen LogP contribution < -0.4 is 0 Å². The van der Waals surface area contributed by atoms with Crippen molar-refractivity contribution in [3.05, 3.63) is 0 Å². The van der Waals surface area contributed by atoms with E-state index in [9.17, 15) is 22.5 Å². The van der Waals surface area contributed by atoms with Crippen LogP contribution in [0.25, 0.3) is 0 Å². The first kappa shape index (κ1) is 9.32. The predicted molar refractivity (Wildman–Crippen MR) is 22.0 cm³/mol. The minimum atomic E-state index is -5.21. The van der Waals surface area contributed by atoms with Gasteiger partial charge in [0, 0.05) is 4.57 Å². The highest BCUT2D eigenvalue weighted by Gasteiger charge is 2.46. The van der Waals surface area contributed by atoms with E-state index in [0.717, 1.165) is 0 Å². The molecule has 0 heterocycles. The highest BCUT2D eigenvalue weighted by molar-refractivity contribution is 7.32. The summed E-state index contributed by atoms with van der Waals surface area (Å²) >= 11 is 0. The van der Waals surface area contributed by atoms with Gasteiger partial charge < -0.3 is 0 Å². The number of carbonyl (C=O) groups excluding carboxylic acids is 1. The molecule has 1 N–H and O–H groups in total. The van der Waals surface area contributed by atoms with Crippen LogP contribution in [0.15, 0.2) is 0 Å². The van der Waals surface area contributed by atoms with Crippen molar-refractivity contribution >= 4 is 14.2 Å². The molecule has 0 aromatic carbocycles. The second kappa shape index (κ2) is 2.94. The fraction of sp³-hybridized carbons (Fsp3) is 0.500. The van der Waals surface area contributed by atoms with Gasteiger partial charge in [-0.15, -0.1) is 4.89 Å². The van der Waals surface area contributed by atoms with Crippen molar-refractivity contribution in [2.45, 2.75) is 6.18 Å². The van der Waals surface area contributed by atoms with Gasteiger partial charge in [0.25, 0.3) is 0 Å². The molecule has 0 fully saturated rings. The van der Waals surface area contributed by atoms with Crippen LogP contribution in [0.1, 0.15) is 0 Å². The molecule has 0 amide bonds. The van der Waals surface area contributed by atoms with Crippen LogP contribution in [0, 0.1) is 0 Å². The summed E-state index contributed by atoms with van der Waals surface area (Å²) in [4.78, 5) is 17.2. The molecular weight excluding hydrogens is 176 g/mol. The first-order valence-corrected chi connectivity index (χ1v) is 2.92. The Morgan fingerprint density at radius 3 is 2.00 bits per heavy atom. The number of hydrogen-bond donors (Lipinski definition) is 1. The molecule has 0 saturated carbocycles. The van der Waals surface area contributed by atoms with Gasteiger partial charge in [-0.1, -0.05) is 0 Å². The lowest BCUT2D eigenvalue weighted by Crippen LogP contribution is -2.22. The van der Waals surface area contributed by atoms with E-state index in [-0.39, 0.29) is 0 Å². The maximum absolute atomic E-state index is 11.1. The summed E-state index contributed by atoms with van der Waals surface area (Å²) < 4.78 is 45.7. The summed E-state index contributed by atoms with van der Waals surface area (Å²) in [6.07, 6.45) is -5.21. The molecule has 8 heteroatoms. The molecule has 0 rings (SSSR count). The Labute approximate surface area is 53.5 Å². The summed E-state index contributed by atoms with van der Waals surface area (Å²) in [5.41, 5.74) is 0. The Morgan fingerprint density at radius 2 is 1.90 bits per heavy atom. The van der Waals surface area contributed by atoms with Crippen LogP contribution in [-0.2, 0) is 13.9 Å². The Morgan fingerprint density at radius 1 is 1.50 bits per heavy atom. The molecule has 0 aliphatic rings. The average Bonchev–Trinajstić information content (AvgIpc) is 1.60. The van der Waals surface area contributed by atoms with Gasteiger partial charge in [0.2, 0.25) is 0 Å². The van der Waals surface area contributed by atoms with Crippen molar-refractivity contribution in [2.24, 2.45) is 0 Å². The van der Waals surface area contributed by atoms with Gasteiger partial charge in [0.15, 0.2) is 0 Å². The molecule has 1 atom stereocenters. The van der Waals surface area contributed by atoms with Gasteiger partial charge in [0.05, 0.1) is 0 Å². The van der Waals surface area contributed by atoms with Crippen molar-refractivity contribution in [2.75, 3.05) is 0 Å². The van der Waals surface area contributed by atoms with E-state index in [0.29, 0.717) is 0 Å². The molecular formula is C2HF3O4P+.